The third kappa shape index (κ3) is 4.28. The van der Waals surface area contributed by atoms with Crippen LogP contribution in [-0.2, 0) is 0 Å². The summed E-state index contributed by atoms with van der Waals surface area (Å²) in [5, 5.41) is 9.56. The van der Waals surface area contributed by atoms with Gasteiger partial charge in [-0.1, -0.05) is 152 Å². The highest BCUT2D eigenvalue weighted by Crippen LogP contribution is 2.43. The molecule has 0 aliphatic carbocycles. The Morgan fingerprint density at radius 3 is 1.27 bits per heavy atom. The second kappa shape index (κ2) is 11.0. The first-order valence-corrected chi connectivity index (χ1v) is 16.6. The summed E-state index contributed by atoms with van der Waals surface area (Å²) in [6, 6.07) is 59.7. The van der Waals surface area contributed by atoms with Crippen molar-refractivity contribution in [3.63, 3.8) is 0 Å². The lowest BCUT2D eigenvalue weighted by molar-refractivity contribution is 1.08. The van der Waals surface area contributed by atoms with Crippen molar-refractivity contribution in [2.24, 2.45) is 0 Å². The van der Waals surface area contributed by atoms with E-state index in [2.05, 4.69) is 138 Å². The lowest BCUT2D eigenvalue weighted by Crippen LogP contribution is -2.01. The van der Waals surface area contributed by atoms with Gasteiger partial charge in [0.2, 0.25) is 0 Å². The largest absolute Gasteiger partial charge is 0.309 e. The van der Waals surface area contributed by atoms with Gasteiger partial charge < -0.3 is 4.57 Å². The van der Waals surface area contributed by atoms with Crippen molar-refractivity contribution in [3.8, 4) is 39.9 Å². The van der Waals surface area contributed by atoms with Crippen LogP contribution >= 0.6 is 0 Å². The molecule has 2 heterocycles. The summed E-state index contributed by atoms with van der Waals surface area (Å²) < 4.78 is 2.43. The highest BCUT2D eigenvalue weighted by atomic mass is 15.0. The Morgan fingerprint density at radius 2 is 0.714 bits per heavy atom. The van der Waals surface area contributed by atoms with E-state index in [0.717, 1.165) is 38.5 Å². The van der Waals surface area contributed by atoms with Crippen LogP contribution in [-0.4, -0.2) is 19.5 Å². The summed E-state index contributed by atoms with van der Waals surface area (Å²) in [7, 11) is 0. The predicted octanol–water partition coefficient (Wildman–Crippen LogP) is 11.4. The van der Waals surface area contributed by atoms with Crippen molar-refractivity contribution in [1.82, 2.24) is 19.5 Å². The standard InChI is InChI=1S/C45H28N4/c1-3-15-29(16-4-1)43-46-44(30-17-5-2-6-18-30)48-45(47-43)37-25-13-23-34-36-24-14-28-40(42(36)35-22-8-7-21-33(35)41(34)37)49-38-26-11-9-19-31(38)32-20-10-12-27-39(32)49/h1-28H. The third-order valence-electron chi connectivity index (χ3n) is 9.62. The van der Waals surface area contributed by atoms with Crippen LogP contribution in [0.15, 0.2) is 170 Å². The van der Waals surface area contributed by atoms with Gasteiger partial charge in [-0.15, -0.1) is 0 Å². The van der Waals surface area contributed by atoms with Crippen LogP contribution in [0.2, 0.25) is 0 Å². The van der Waals surface area contributed by atoms with Gasteiger partial charge in [0.05, 0.1) is 16.7 Å². The fraction of sp³-hybridized carbons (Fsp3) is 0. The van der Waals surface area contributed by atoms with E-state index >= 15 is 0 Å². The quantitative estimate of drug-likeness (QED) is 0.183. The molecule has 0 fully saturated rings. The van der Waals surface area contributed by atoms with E-state index in [1.54, 1.807) is 0 Å². The summed E-state index contributed by atoms with van der Waals surface area (Å²) in [5.74, 6) is 1.96. The highest BCUT2D eigenvalue weighted by molar-refractivity contribution is 6.30. The van der Waals surface area contributed by atoms with Gasteiger partial charge in [-0.25, -0.2) is 15.0 Å². The summed E-state index contributed by atoms with van der Waals surface area (Å²) in [4.78, 5) is 15.2. The number of aromatic nitrogens is 4. The monoisotopic (exact) mass is 624 g/mol. The zero-order valence-corrected chi connectivity index (χ0v) is 26.5. The SMILES string of the molecule is c1ccc(-c2nc(-c3ccccc3)nc(-c3cccc4c5cccc(-n6c7ccccc7c7ccccc76)c5c5ccccc5c34)n2)cc1. The van der Waals surface area contributed by atoms with E-state index in [9.17, 15) is 0 Å². The zero-order valence-electron chi connectivity index (χ0n) is 26.5. The fourth-order valence-electron chi connectivity index (χ4n) is 7.52. The third-order valence-corrected chi connectivity index (χ3v) is 9.62. The maximum atomic E-state index is 5.14. The van der Waals surface area contributed by atoms with Crippen molar-refractivity contribution in [2.75, 3.05) is 0 Å². The number of rotatable bonds is 4. The molecule has 0 bridgehead atoms. The molecule has 0 saturated carbocycles. The van der Waals surface area contributed by atoms with Crippen molar-refractivity contribution in [3.05, 3.63) is 170 Å². The van der Waals surface area contributed by atoms with E-state index < -0.39 is 0 Å². The Morgan fingerprint density at radius 1 is 0.306 bits per heavy atom. The minimum atomic E-state index is 0.653. The summed E-state index contributed by atoms with van der Waals surface area (Å²) >= 11 is 0. The first kappa shape index (κ1) is 27.5. The van der Waals surface area contributed by atoms with Crippen molar-refractivity contribution >= 4 is 54.1 Å². The molecule has 4 heteroatoms. The van der Waals surface area contributed by atoms with Crippen LogP contribution in [0.1, 0.15) is 0 Å². The number of nitrogens with zero attached hydrogens (tertiary/aromatic N) is 4. The Kier molecular flexibility index (Phi) is 6.15. The zero-order chi connectivity index (χ0) is 32.3. The molecule has 0 aliphatic rings. The van der Waals surface area contributed by atoms with Crippen molar-refractivity contribution < 1.29 is 0 Å². The van der Waals surface area contributed by atoms with Crippen LogP contribution in [0.25, 0.3) is 94.0 Å². The average Bonchev–Trinajstić information content (AvgIpc) is 3.52. The maximum Gasteiger partial charge on any atom is 0.164 e. The second-order valence-corrected chi connectivity index (χ2v) is 12.4. The molecule has 10 aromatic rings. The molecule has 49 heavy (non-hydrogen) atoms. The van der Waals surface area contributed by atoms with Gasteiger partial charge in [0.25, 0.3) is 0 Å². The van der Waals surface area contributed by atoms with Gasteiger partial charge in [-0.3, -0.25) is 0 Å². The molecule has 4 nitrogen and oxygen atoms in total. The van der Waals surface area contributed by atoms with Gasteiger partial charge in [0, 0.05) is 38.2 Å². The number of hydrogen-bond donors (Lipinski definition) is 0. The average molecular weight is 625 g/mol. The van der Waals surface area contributed by atoms with Crippen molar-refractivity contribution in [2.45, 2.75) is 0 Å². The lowest BCUT2D eigenvalue weighted by atomic mass is 9.90. The van der Waals surface area contributed by atoms with E-state index in [1.807, 2.05) is 36.4 Å². The minimum Gasteiger partial charge on any atom is -0.309 e. The number of hydrogen-bond acceptors (Lipinski definition) is 3. The Balaban J connectivity index is 1.31. The van der Waals surface area contributed by atoms with Crippen LogP contribution < -0.4 is 0 Å². The number of benzene rings is 8. The van der Waals surface area contributed by atoms with Gasteiger partial charge in [0.15, 0.2) is 17.5 Å². The molecule has 8 aromatic carbocycles. The Labute approximate surface area is 282 Å². The number of fused-ring (bicyclic) bond motifs is 9. The Bertz CT molecular complexity index is 2720. The maximum absolute atomic E-state index is 5.14. The normalized spacial score (nSPS) is 11.7. The van der Waals surface area contributed by atoms with E-state index in [4.69, 9.17) is 15.0 Å². The minimum absolute atomic E-state index is 0.653. The smallest absolute Gasteiger partial charge is 0.164 e. The molecule has 0 spiro atoms. The molecule has 0 amide bonds. The first-order valence-electron chi connectivity index (χ1n) is 16.6. The topological polar surface area (TPSA) is 43.6 Å². The summed E-state index contributed by atoms with van der Waals surface area (Å²) in [5.41, 5.74) is 6.44. The second-order valence-electron chi connectivity index (χ2n) is 12.4. The predicted molar refractivity (Wildman–Crippen MR) is 203 cm³/mol. The van der Waals surface area contributed by atoms with Gasteiger partial charge in [-0.2, -0.15) is 0 Å². The van der Waals surface area contributed by atoms with Crippen molar-refractivity contribution in [1.29, 1.82) is 0 Å². The summed E-state index contributed by atoms with van der Waals surface area (Å²) in [6.45, 7) is 0. The Hall–Kier alpha value is -6.65. The molecule has 0 radical (unpaired) electrons. The van der Waals surface area contributed by atoms with Gasteiger partial charge in [-0.05, 0) is 39.7 Å². The molecule has 228 valence electrons. The fourth-order valence-corrected chi connectivity index (χ4v) is 7.52. The lowest BCUT2D eigenvalue weighted by Gasteiger charge is -2.18. The van der Waals surface area contributed by atoms with Crippen LogP contribution in [0.4, 0.5) is 0 Å². The molecule has 0 atom stereocenters. The molecule has 0 aliphatic heterocycles. The molecular formula is C45H28N4. The first-order chi connectivity index (χ1) is 24.3. The van der Waals surface area contributed by atoms with Crippen LogP contribution in [0.5, 0.6) is 0 Å². The molecular weight excluding hydrogens is 597 g/mol. The van der Waals surface area contributed by atoms with E-state index in [-0.39, 0.29) is 0 Å². The highest BCUT2D eigenvalue weighted by Gasteiger charge is 2.20. The van der Waals surface area contributed by atoms with Gasteiger partial charge >= 0.3 is 0 Å². The number of para-hydroxylation sites is 2. The molecule has 2 aromatic heterocycles. The molecule has 0 saturated heterocycles. The molecule has 10 rings (SSSR count). The van der Waals surface area contributed by atoms with Crippen LogP contribution in [0, 0.1) is 0 Å². The van der Waals surface area contributed by atoms with E-state index in [1.165, 1.54) is 38.0 Å². The van der Waals surface area contributed by atoms with E-state index in [0.29, 0.717) is 17.5 Å². The van der Waals surface area contributed by atoms with Gasteiger partial charge in [0.1, 0.15) is 0 Å². The summed E-state index contributed by atoms with van der Waals surface area (Å²) in [6.07, 6.45) is 0. The van der Waals surface area contributed by atoms with Crippen LogP contribution in [0.3, 0.4) is 0 Å². The molecule has 0 unspecified atom stereocenters. The molecule has 0 N–H and O–H groups in total.